The molecule has 1 heteroatoms. The van der Waals surface area contributed by atoms with Gasteiger partial charge in [-0.2, -0.15) is 0 Å². The molecule has 0 amide bonds. The Balaban J connectivity index is 1.99. The molecule has 1 unspecified atom stereocenters. The standard InChI is InChI=1S/C13H19P/c14-13-9-5-4-8-12(13)10-11-6-2-1-3-7-11/h4-5,8-9,11H,1-3,6-7,10,14H2. The summed E-state index contributed by atoms with van der Waals surface area (Å²) in [6.07, 6.45) is 8.53. The summed E-state index contributed by atoms with van der Waals surface area (Å²) >= 11 is 0. The Morgan fingerprint density at radius 2 is 1.79 bits per heavy atom. The summed E-state index contributed by atoms with van der Waals surface area (Å²) in [5.74, 6) is 0.949. The molecule has 0 aliphatic heterocycles. The molecule has 0 radical (unpaired) electrons. The van der Waals surface area contributed by atoms with Gasteiger partial charge in [0.05, 0.1) is 0 Å². The number of hydrogen-bond donors (Lipinski definition) is 0. The van der Waals surface area contributed by atoms with Gasteiger partial charge in [0.25, 0.3) is 0 Å². The van der Waals surface area contributed by atoms with E-state index in [4.69, 9.17) is 0 Å². The van der Waals surface area contributed by atoms with E-state index in [0.717, 1.165) is 5.92 Å². The monoisotopic (exact) mass is 206 g/mol. The molecule has 1 saturated carbocycles. The molecule has 1 aromatic carbocycles. The van der Waals surface area contributed by atoms with E-state index in [0.29, 0.717) is 0 Å². The van der Waals surface area contributed by atoms with E-state index in [2.05, 4.69) is 33.5 Å². The Morgan fingerprint density at radius 3 is 2.50 bits per heavy atom. The molecule has 2 rings (SSSR count). The summed E-state index contributed by atoms with van der Waals surface area (Å²) < 4.78 is 0. The molecule has 0 bridgehead atoms. The molecule has 0 spiro atoms. The van der Waals surface area contributed by atoms with Gasteiger partial charge in [0.15, 0.2) is 0 Å². The minimum Gasteiger partial charge on any atom is -0.105 e. The molecule has 1 atom stereocenters. The lowest BCUT2D eigenvalue weighted by Crippen LogP contribution is -2.12. The highest BCUT2D eigenvalue weighted by molar-refractivity contribution is 7.27. The second-order valence-electron chi connectivity index (χ2n) is 4.41. The molecule has 1 fully saturated rings. The molecule has 0 aromatic heterocycles. The first-order valence-electron chi connectivity index (χ1n) is 5.69. The smallest absolute Gasteiger partial charge is 0.0244 e. The van der Waals surface area contributed by atoms with Gasteiger partial charge >= 0.3 is 0 Å². The van der Waals surface area contributed by atoms with Crippen molar-refractivity contribution in [3.8, 4) is 0 Å². The Hall–Kier alpha value is -0.350. The molecule has 1 aromatic rings. The van der Waals surface area contributed by atoms with Crippen molar-refractivity contribution >= 4 is 14.5 Å². The van der Waals surface area contributed by atoms with Crippen LogP contribution in [0.5, 0.6) is 0 Å². The predicted octanol–water partition coefficient (Wildman–Crippen LogP) is 3.31. The number of rotatable bonds is 2. The van der Waals surface area contributed by atoms with Crippen molar-refractivity contribution in [2.75, 3.05) is 0 Å². The summed E-state index contributed by atoms with van der Waals surface area (Å²) in [6.45, 7) is 0. The maximum absolute atomic E-state index is 2.85. The molecule has 0 nitrogen and oxygen atoms in total. The zero-order valence-corrected chi connectivity index (χ0v) is 9.86. The number of hydrogen-bond acceptors (Lipinski definition) is 0. The van der Waals surface area contributed by atoms with Gasteiger partial charge in [0.1, 0.15) is 0 Å². The first kappa shape index (κ1) is 10.2. The lowest BCUT2D eigenvalue weighted by molar-refractivity contribution is 0.357. The lowest BCUT2D eigenvalue weighted by atomic mass is 9.85. The van der Waals surface area contributed by atoms with Crippen LogP contribution in [-0.4, -0.2) is 0 Å². The molecule has 14 heavy (non-hydrogen) atoms. The van der Waals surface area contributed by atoms with Crippen LogP contribution in [0.25, 0.3) is 0 Å². The third-order valence-electron chi connectivity index (χ3n) is 3.29. The summed E-state index contributed by atoms with van der Waals surface area (Å²) in [7, 11) is 2.85. The van der Waals surface area contributed by atoms with Gasteiger partial charge in [-0.1, -0.05) is 56.4 Å². The first-order chi connectivity index (χ1) is 6.86. The maximum atomic E-state index is 2.85. The van der Waals surface area contributed by atoms with E-state index in [-0.39, 0.29) is 0 Å². The second kappa shape index (κ2) is 4.94. The van der Waals surface area contributed by atoms with Gasteiger partial charge in [-0.25, -0.2) is 0 Å². The Labute approximate surface area is 89.3 Å². The van der Waals surface area contributed by atoms with E-state index in [9.17, 15) is 0 Å². The summed E-state index contributed by atoms with van der Waals surface area (Å²) in [6, 6.07) is 8.75. The van der Waals surface area contributed by atoms with Gasteiger partial charge in [0, 0.05) is 0 Å². The van der Waals surface area contributed by atoms with Gasteiger partial charge in [0.2, 0.25) is 0 Å². The van der Waals surface area contributed by atoms with Crippen LogP contribution in [0.2, 0.25) is 0 Å². The van der Waals surface area contributed by atoms with E-state index >= 15 is 0 Å². The fourth-order valence-electron chi connectivity index (χ4n) is 2.42. The Kier molecular flexibility index (Phi) is 3.59. The van der Waals surface area contributed by atoms with Gasteiger partial charge < -0.3 is 0 Å². The quantitative estimate of drug-likeness (QED) is 0.651. The van der Waals surface area contributed by atoms with Gasteiger partial charge in [-0.05, 0) is 23.2 Å². The van der Waals surface area contributed by atoms with Crippen molar-refractivity contribution in [1.29, 1.82) is 0 Å². The highest BCUT2D eigenvalue weighted by Crippen LogP contribution is 2.26. The average molecular weight is 206 g/mol. The van der Waals surface area contributed by atoms with Crippen molar-refractivity contribution in [2.45, 2.75) is 38.5 Å². The molecular formula is C13H19P. The SMILES string of the molecule is Pc1ccccc1CC1CCCCC1. The minimum absolute atomic E-state index is 0.949. The van der Waals surface area contributed by atoms with Crippen LogP contribution in [0.15, 0.2) is 24.3 Å². The molecule has 76 valence electrons. The fourth-order valence-corrected chi connectivity index (χ4v) is 2.75. The van der Waals surface area contributed by atoms with Crippen LogP contribution in [0, 0.1) is 5.92 Å². The van der Waals surface area contributed by atoms with Crippen LogP contribution >= 0.6 is 9.24 Å². The summed E-state index contributed by atoms with van der Waals surface area (Å²) in [5.41, 5.74) is 1.53. The molecule has 0 saturated heterocycles. The van der Waals surface area contributed by atoms with Crippen molar-refractivity contribution < 1.29 is 0 Å². The van der Waals surface area contributed by atoms with E-state index in [1.165, 1.54) is 49.4 Å². The summed E-state index contributed by atoms with van der Waals surface area (Å²) in [5, 5.41) is 1.39. The molecule has 0 N–H and O–H groups in total. The van der Waals surface area contributed by atoms with Crippen LogP contribution in [0.3, 0.4) is 0 Å². The molecular weight excluding hydrogens is 187 g/mol. The zero-order valence-electron chi connectivity index (χ0n) is 8.71. The van der Waals surface area contributed by atoms with Crippen LogP contribution in [0.4, 0.5) is 0 Å². The lowest BCUT2D eigenvalue weighted by Gasteiger charge is -2.22. The molecule has 1 aliphatic rings. The van der Waals surface area contributed by atoms with Crippen molar-refractivity contribution in [3.05, 3.63) is 29.8 Å². The van der Waals surface area contributed by atoms with E-state index in [1.54, 1.807) is 0 Å². The van der Waals surface area contributed by atoms with E-state index in [1.807, 2.05) is 0 Å². The van der Waals surface area contributed by atoms with Crippen LogP contribution in [-0.2, 0) is 6.42 Å². The third-order valence-corrected chi connectivity index (χ3v) is 3.85. The first-order valence-corrected chi connectivity index (χ1v) is 6.27. The van der Waals surface area contributed by atoms with Gasteiger partial charge in [-0.15, -0.1) is 9.24 Å². The highest BCUT2D eigenvalue weighted by atomic mass is 31.0. The minimum atomic E-state index is 0.949. The Morgan fingerprint density at radius 1 is 1.07 bits per heavy atom. The normalized spacial score (nSPS) is 18.4. The second-order valence-corrected chi connectivity index (χ2v) is 5.03. The number of benzene rings is 1. The summed E-state index contributed by atoms with van der Waals surface area (Å²) in [4.78, 5) is 0. The van der Waals surface area contributed by atoms with Crippen LogP contribution < -0.4 is 5.30 Å². The largest absolute Gasteiger partial charge is 0.105 e. The van der Waals surface area contributed by atoms with Gasteiger partial charge in [-0.3, -0.25) is 0 Å². The maximum Gasteiger partial charge on any atom is -0.0244 e. The van der Waals surface area contributed by atoms with Crippen molar-refractivity contribution in [3.63, 3.8) is 0 Å². The predicted molar refractivity (Wildman–Crippen MR) is 66.1 cm³/mol. The highest BCUT2D eigenvalue weighted by Gasteiger charge is 2.14. The van der Waals surface area contributed by atoms with Crippen molar-refractivity contribution in [2.24, 2.45) is 5.92 Å². The zero-order chi connectivity index (χ0) is 9.80. The molecule has 0 heterocycles. The topological polar surface area (TPSA) is 0 Å². The van der Waals surface area contributed by atoms with Crippen LogP contribution in [0.1, 0.15) is 37.7 Å². The van der Waals surface area contributed by atoms with E-state index < -0.39 is 0 Å². The average Bonchev–Trinajstić information content (AvgIpc) is 2.23. The third kappa shape index (κ3) is 2.58. The fraction of sp³-hybridized carbons (Fsp3) is 0.538. The van der Waals surface area contributed by atoms with Crippen molar-refractivity contribution in [1.82, 2.24) is 0 Å². The molecule has 1 aliphatic carbocycles. The Bertz CT molecular complexity index is 287.